The Bertz CT molecular complexity index is 909. The molecule has 1 aromatic heterocycles. The molecule has 4 rings (SSSR count). The highest BCUT2D eigenvalue weighted by atomic mass is 16.1. The van der Waals surface area contributed by atoms with E-state index in [4.69, 9.17) is 0 Å². The predicted molar refractivity (Wildman–Crippen MR) is 119 cm³/mol. The first kappa shape index (κ1) is 19.3. The largest absolute Gasteiger partial charge is 0.369 e. The maximum Gasteiger partial charge on any atom is 0.255 e. The molecular formula is C24H28N4O. The molecule has 5 nitrogen and oxygen atoms in total. The van der Waals surface area contributed by atoms with Crippen molar-refractivity contribution in [1.82, 2.24) is 9.47 Å². The minimum Gasteiger partial charge on any atom is -0.369 e. The van der Waals surface area contributed by atoms with Crippen molar-refractivity contribution in [2.24, 2.45) is 0 Å². The average molecular weight is 389 g/mol. The van der Waals surface area contributed by atoms with Crippen LogP contribution >= 0.6 is 0 Å². The van der Waals surface area contributed by atoms with Crippen LogP contribution in [-0.4, -0.2) is 48.1 Å². The molecule has 1 N–H and O–H groups in total. The van der Waals surface area contributed by atoms with Gasteiger partial charge in [0.2, 0.25) is 0 Å². The van der Waals surface area contributed by atoms with E-state index in [1.807, 2.05) is 65.5 Å². The van der Waals surface area contributed by atoms with Gasteiger partial charge in [-0.1, -0.05) is 6.92 Å². The maximum absolute atomic E-state index is 12.6. The summed E-state index contributed by atoms with van der Waals surface area (Å²) in [5.74, 6) is -0.0926. The first-order valence-corrected chi connectivity index (χ1v) is 10.3. The number of benzene rings is 2. The highest BCUT2D eigenvalue weighted by Gasteiger charge is 2.16. The van der Waals surface area contributed by atoms with Crippen LogP contribution in [0.4, 0.5) is 11.4 Å². The van der Waals surface area contributed by atoms with Crippen LogP contribution in [0.5, 0.6) is 0 Å². The van der Waals surface area contributed by atoms with Gasteiger partial charge in [0, 0.05) is 61.2 Å². The van der Waals surface area contributed by atoms with Gasteiger partial charge in [-0.25, -0.2) is 0 Å². The van der Waals surface area contributed by atoms with Crippen molar-refractivity contribution in [3.8, 4) is 5.69 Å². The average Bonchev–Trinajstić information content (AvgIpc) is 3.30. The van der Waals surface area contributed by atoms with Crippen LogP contribution in [-0.2, 0) is 0 Å². The molecule has 1 amide bonds. The van der Waals surface area contributed by atoms with E-state index >= 15 is 0 Å². The zero-order valence-corrected chi connectivity index (χ0v) is 16.9. The summed E-state index contributed by atoms with van der Waals surface area (Å²) < 4.78 is 2.02. The first-order valence-electron chi connectivity index (χ1n) is 10.3. The summed E-state index contributed by atoms with van der Waals surface area (Å²) in [5.41, 5.74) is 3.72. The zero-order chi connectivity index (χ0) is 20.1. The third-order valence-corrected chi connectivity index (χ3v) is 5.43. The van der Waals surface area contributed by atoms with Crippen LogP contribution in [0.2, 0.25) is 0 Å². The van der Waals surface area contributed by atoms with Crippen LogP contribution in [0.25, 0.3) is 5.69 Å². The molecule has 0 aliphatic carbocycles. The van der Waals surface area contributed by atoms with E-state index in [-0.39, 0.29) is 5.91 Å². The van der Waals surface area contributed by atoms with Gasteiger partial charge < -0.3 is 14.8 Å². The molecule has 0 atom stereocenters. The van der Waals surface area contributed by atoms with E-state index < -0.39 is 0 Å². The minimum atomic E-state index is -0.0926. The van der Waals surface area contributed by atoms with Crippen molar-refractivity contribution in [3.05, 3.63) is 78.6 Å². The van der Waals surface area contributed by atoms with Gasteiger partial charge in [-0.3, -0.25) is 9.69 Å². The number of nitrogens with one attached hydrogen (secondary N) is 1. The normalized spacial score (nSPS) is 14.7. The van der Waals surface area contributed by atoms with Crippen molar-refractivity contribution in [2.75, 3.05) is 42.9 Å². The molecule has 1 aliphatic heterocycles. The van der Waals surface area contributed by atoms with Gasteiger partial charge in [0.15, 0.2) is 0 Å². The summed E-state index contributed by atoms with van der Waals surface area (Å²) in [7, 11) is 0. The van der Waals surface area contributed by atoms with Crippen molar-refractivity contribution in [2.45, 2.75) is 13.3 Å². The molecule has 2 aromatic carbocycles. The van der Waals surface area contributed by atoms with Gasteiger partial charge in [0.05, 0.1) is 0 Å². The molecule has 3 aromatic rings. The molecule has 1 saturated heterocycles. The van der Waals surface area contributed by atoms with Crippen molar-refractivity contribution in [3.63, 3.8) is 0 Å². The Kier molecular flexibility index (Phi) is 5.96. The van der Waals surface area contributed by atoms with Crippen LogP contribution < -0.4 is 10.2 Å². The molecule has 1 aliphatic rings. The van der Waals surface area contributed by atoms with E-state index in [2.05, 4.69) is 34.2 Å². The molecule has 1 fully saturated rings. The SMILES string of the molecule is CCCN1CCN(c2ccc(NC(=O)c3ccc(-n4cccc4)cc3)cc2)CC1. The minimum absolute atomic E-state index is 0.0926. The molecule has 5 heteroatoms. The first-order chi connectivity index (χ1) is 14.2. The number of nitrogens with zero attached hydrogens (tertiary/aromatic N) is 3. The molecule has 0 saturated carbocycles. The fourth-order valence-corrected chi connectivity index (χ4v) is 3.80. The van der Waals surface area contributed by atoms with Gasteiger partial charge >= 0.3 is 0 Å². The fourth-order valence-electron chi connectivity index (χ4n) is 3.80. The molecular weight excluding hydrogens is 360 g/mol. The maximum atomic E-state index is 12.6. The van der Waals surface area contributed by atoms with Crippen LogP contribution in [0, 0.1) is 0 Å². The van der Waals surface area contributed by atoms with Gasteiger partial charge in [-0.05, 0) is 73.6 Å². The van der Waals surface area contributed by atoms with E-state index in [0.29, 0.717) is 5.56 Å². The zero-order valence-electron chi connectivity index (χ0n) is 16.9. The van der Waals surface area contributed by atoms with E-state index in [9.17, 15) is 4.79 Å². The summed E-state index contributed by atoms with van der Waals surface area (Å²) in [4.78, 5) is 17.5. The second-order valence-electron chi connectivity index (χ2n) is 7.47. The van der Waals surface area contributed by atoms with Gasteiger partial charge in [-0.15, -0.1) is 0 Å². The Balaban J connectivity index is 1.34. The number of amides is 1. The quantitative estimate of drug-likeness (QED) is 0.686. The van der Waals surface area contributed by atoms with Gasteiger partial charge in [-0.2, -0.15) is 0 Å². The van der Waals surface area contributed by atoms with Gasteiger partial charge in [0.1, 0.15) is 0 Å². The monoisotopic (exact) mass is 388 g/mol. The van der Waals surface area contributed by atoms with Crippen molar-refractivity contribution < 1.29 is 4.79 Å². The number of carbonyl (C=O) groups excluding carboxylic acids is 1. The molecule has 2 heterocycles. The summed E-state index contributed by atoms with van der Waals surface area (Å²) in [6.07, 6.45) is 5.18. The lowest BCUT2D eigenvalue weighted by molar-refractivity contribution is 0.102. The van der Waals surface area contributed by atoms with Gasteiger partial charge in [0.25, 0.3) is 5.91 Å². The second kappa shape index (κ2) is 8.97. The number of carbonyl (C=O) groups is 1. The Morgan fingerprint density at radius 3 is 2.10 bits per heavy atom. The van der Waals surface area contributed by atoms with E-state index in [1.54, 1.807) is 0 Å². The number of anilines is 2. The summed E-state index contributed by atoms with van der Waals surface area (Å²) >= 11 is 0. The predicted octanol–water partition coefficient (Wildman–Crippen LogP) is 4.26. The molecule has 0 unspecified atom stereocenters. The third kappa shape index (κ3) is 4.69. The van der Waals surface area contributed by atoms with E-state index in [1.165, 1.54) is 18.7 Å². The molecule has 0 bridgehead atoms. The summed E-state index contributed by atoms with van der Waals surface area (Å²) in [5, 5.41) is 2.99. The Hall–Kier alpha value is -3.05. The number of hydrogen-bond donors (Lipinski definition) is 1. The Morgan fingerprint density at radius 1 is 0.862 bits per heavy atom. The number of hydrogen-bond acceptors (Lipinski definition) is 3. The fraction of sp³-hybridized carbons (Fsp3) is 0.292. The lowest BCUT2D eigenvalue weighted by Gasteiger charge is -2.36. The Labute approximate surface area is 172 Å². The molecule has 150 valence electrons. The number of piperazine rings is 1. The van der Waals surface area contributed by atoms with Crippen molar-refractivity contribution >= 4 is 17.3 Å². The van der Waals surface area contributed by atoms with Crippen LogP contribution in [0.3, 0.4) is 0 Å². The smallest absolute Gasteiger partial charge is 0.255 e. The molecule has 0 radical (unpaired) electrons. The number of aromatic nitrogens is 1. The molecule has 0 spiro atoms. The van der Waals surface area contributed by atoms with Crippen molar-refractivity contribution in [1.29, 1.82) is 0 Å². The standard InChI is InChI=1S/C24H28N4O/c1-2-13-26-16-18-28(19-17-26)23-11-7-21(8-12-23)25-24(29)20-5-9-22(10-6-20)27-14-3-4-15-27/h3-12,14-15H,2,13,16-19H2,1H3,(H,25,29). The lowest BCUT2D eigenvalue weighted by atomic mass is 10.1. The van der Waals surface area contributed by atoms with Crippen LogP contribution in [0.1, 0.15) is 23.7 Å². The third-order valence-electron chi connectivity index (χ3n) is 5.43. The summed E-state index contributed by atoms with van der Waals surface area (Å²) in [6.45, 7) is 7.76. The highest BCUT2D eigenvalue weighted by molar-refractivity contribution is 6.04. The summed E-state index contributed by atoms with van der Waals surface area (Å²) in [6, 6.07) is 19.8. The highest BCUT2D eigenvalue weighted by Crippen LogP contribution is 2.20. The second-order valence-corrected chi connectivity index (χ2v) is 7.47. The lowest BCUT2D eigenvalue weighted by Crippen LogP contribution is -2.46. The topological polar surface area (TPSA) is 40.5 Å². The molecule has 29 heavy (non-hydrogen) atoms. The van der Waals surface area contributed by atoms with E-state index in [0.717, 1.165) is 37.6 Å². The number of rotatable bonds is 6. The Morgan fingerprint density at radius 2 is 1.48 bits per heavy atom. The van der Waals surface area contributed by atoms with Crippen LogP contribution in [0.15, 0.2) is 73.1 Å².